The van der Waals surface area contributed by atoms with Crippen molar-refractivity contribution in [1.82, 2.24) is 9.88 Å². The maximum absolute atomic E-state index is 13.7. The Morgan fingerprint density at radius 2 is 1.71 bits per heavy atom. The number of carbonyl (C=O) groups is 1. The first-order chi connectivity index (χ1) is 17.2. The molecular weight excluding hydrogens is 462 g/mol. The molecule has 2 heterocycles. The number of morpholine rings is 1. The quantitative estimate of drug-likeness (QED) is 0.344. The summed E-state index contributed by atoms with van der Waals surface area (Å²) in [6, 6.07) is 22.6. The molecule has 3 aromatic carbocycles. The van der Waals surface area contributed by atoms with Crippen molar-refractivity contribution >= 4 is 32.6 Å². The third kappa shape index (κ3) is 5.62. The number of amides is 1. The number of benzene rings is 3. The molecule has 35 heavy (non-hydrogen) atoms. The Labute approximate surface area is 208 Å². The standard InChI is InChI=1S/C27H27N3O4S/c1-32-23-11-12-25-24(19-23)28-27(35-25)30(14-13-29-15-17-33-18-16-29)26(31)20-7-9-22(10-8-20)34-21-5-3-2-4-6-21/h2-12,19H,13-18H2,1H3. The first-order valence-electron chi connectivity index (χ1n) is 11.6. The molecule has 0 bridgehead atoms. The summed E-state index contributed by atoms with van der Waals surface area (Å²) in [7, 11) is 1.64. The van der Waals surface area contributed by atoms with Crippen molar-refractivity contribution in [3.8, 4) is 17.2 Å². The average molecular weight is 490 g/mol. The van der Waals surface area contributed by atoms with Crippen LogP contribution in [0.2, 0.25) is 0 Å². The van der Waals surface area contributed by atoms with Crippen molar-refractivity contribution in [2.24, 2.45) is 0 Å². The van der Waals surface area contributed by atoms with Crippen LogP contribution in [0.25, 0.3) is 10.2 Å². The molecule has 0 radical (unpaired) electrons. The number of hydrogen-bond donors (Lipinski definition) is 0. The van der Waals surface area contributed by atoms with E-state index in [2.05, 4.69) is 4.90 Å². The molecule has 1 aliphatic rings. The van der Waals surface area contributed by atoms with Crippen molar-refractivity contribution in [3.63, 3.8) is 0 Å². The molecule has 7 nitrogen and oxygen atoms in total. The number of anilines is 1. The Kier molecular flexibility index (Phi) is 7.23. The molecule has 0 aliphatic carbocycles. The molecule has 0 spiro atoms. The van der Waals surface area contributed by atoms with Crippen molar-refractivity contribution in [2.45, 2.75) is 0 Å². The van der Waals surface area contributed by atoms with E-state index in [0.29, 0.717) is 23.0 Å². The van der Waals surface area contributed by atoms with Gasteiger partial charge in [-0.25, -0.2) is 4.98 Å². The molecule has 1 aliphatic heterocycles. The number of aromatic nitrogens is 1. The molecule has 1 amide bonds. The van der Waals surface area contributed by atoms with Gasteiger partial charge >= 0.3 is 0 Å². The predicted octanol–water partition coefficient (Wildman–Crippen LogP) is 5.08. The van der Waals surface area contributed by atoms with Crippen LogP contribution in [-0.4, -0.2) is 62.3 Å². The molecular formula is C27H27N3O4S. The van der Waals surface area contributed by atoms with E-state index in [4.69, 9.17) is 19.2 Å². The Hall–Kier alpha value is -3.46. The SMILES string of the molecule is COc1ccc2sc(N(CCN3CCOCC3)C(=O)c3ccc(Oc4ccccc4)cc3)nc2c1. The van der Waals surface area contributed by atoms with Crippen LogP contribution in [0.15, 0.2) is 72.8 Å². The van der Waals surface area contributed by atoms with Crippen LogP contribution in [0, 0.1) is 0 Å². The predicted molar refractivity (Wildman–Crippen MR) is 138 cm³/mol. The summed E-state index contributed by atoms with van der Waals surface area (Å²) in [5, 5.41) is 0.677. The topological polar surface area (TPSA) is 64.1 Å². The minimum absolute atomic E-state index is 0.0875. The highest BCUT2D eigenvalue weighted by atomic mass is 32.1. The summed E-state index contributed by atoms with van der Waals surface area (Å²) in [6.07, 6.45) is 0. The van der Waals surface area contributed by atoms with Gasteiger partial charge in [0, 0.05) is 37.8 Å². The first kappa shape index (κ1) is 23.3. The lowest BCUT2D eigenvalue weighted by Gasteiger charge is -2.29. The van der Waals surface area contributed by atoms with Crippen molar-refractivity contribution in [1.29, 1.82) is 0 Å². The number of methoxy groups -OCH3 is 1. The van der Waals surface area contributed by atoms with E-state index in [1.165, 1.54) is 11.3 Å². The Morgan fingerprint density at radius 3 is 2.46 bits per heavy atom. The number of hydrogen-bond acceptors (Lipinski definition) is 7. The molecule has 8 heteroatoms. The van der Waals surface area contributed by atoms with Gasteiger partial charge in [0.2, 0.25) is 0 Å². The lowest BCUT2D eigenvalue weighted by molar-refractivity contribution is 0.0391. The van der Waals surface area contributed by atoms with E-state index in [9.17, 15) is 4.79 Å². The van der Waals surface area contributed by atoms with Gasteiger partial charge in [0.1, 0.15) is 17.2 Å². The monoisotopic (exact) mass is 489 g/mol. The van der Waals surface area contributed by atoms with Crippen LogP contribution >= 0.6 is 11.3 Å². The molecule has 1 saturated heterocycles. The van der Waals surface area contributed by atoms with Crippen LogP contribution in [0.1, 0.15) is 10.4 Å². The number of rotatable bonds is 8. The van der Waals surface area contributed by atoms with Crippen molar-refractivity contribution in [3.05, 3.63) is 78.4 Å². The van der Waals surface area contributed by atoms with Gasteiger partial charge < -0.3 is 14.2 Å². The van der Waals surface area contributed by atoms with E-state index < -0.39 is 0 Å². The second kappa shape index (κ2) is 10.9. The Balaban J connectivity index is 1.38. The maximum Gasteiger partial charge on any atom is 0.260 e. The molecule has 0 atom stereocenters. The van der Waals surface area contributed by atoms with Crippen LogP contribution < -0.4 is 14.4 Å². The fraction of sp³-hybridized carbons (Fsp3) is 0.259. The second-order valence-electron chi connectivity index (χ2n) is 8.18. The number of para-hydroxylation sites is 1. The molecule has 4 aromatic rings. The van der Waals surface area contributed by atoms with Gasteiger partial charge in [0.15, 0.2) is 5.13 Å². The molecule has 0 unspecified atom stereocenters. The minimum Gasteiger partial charge on any atom is -0.497 e. The largest absolute Gasteiger partial charge is 0.497 e. The highest BCUT2D eigenvalue weighted by Crippen LogP contribution is 2.32. The lowest BCUT2D eigenvalue weighted by Crippen LogP contribution is -2.43. The highest BCUT2D eigenvalue weighted by Gasteiger charge is 2.23. The third-order valence-corrected chi connectivity index (χ3v) is 6.94. The fourth-order valence-corrected chi connectivity index (χ4v) is 4.90. The van der Waals surface area contributed by atoms with E-state index >= 15 is 0 Å². The number of thiazole rings is 1. The van der Waals surface area contributed by atoms with Gasteiger partial charge in [0.25, 0.3) is 5.91 Å². The average Bonchev–Trinajstić information content (AvgIpc) is 3.33. The van der Waals surface area contributed by atoms with E-state index in [0.717, 1.165) is 54.6 Å². The maximum atomic E-state index is 13.7. The van der Waals surface area contributed by atoms with Gasteiger partial charge in [0.05, 0.1) is 30.5 Å². The van der Waals surface area contributed by atoms with Gasteiger partial charge in [-0.3, -0.25) is 14.6 Å². The molecule has 180 valence electrons. The normalized spacial score (nSPS) is 14.1. The summed E-state index contributed by atoms with van der Waals surface area (Å²) in [5.74, 6) is 2.09. The molecule has 0 saturated carbocycles. The van der Waals surface area contributed by atoms with E-state index in [1.54, 1.807) is 24.1 Å². The summed E-state index contributed by atoms with van der Waals surface area (Å²) < 4.78 is 17.7. The molecule has 0 N–H and O–H groups in total. The highest BCUT2D eigenvalue weighted by molar-refractivity contribution is 7.22. The molecule has 1 aromatic heterocycles. The summed E-state index contributed by atoms with van der Waals surface area (Å²) >= 11 is 1.51. The third-order valence-electron chi connectivity index (χ3n) is 5.88. The minimum atomic E-state index is -0.0875. The zero-order valence-corrected chi connectivity index (χ0v) is 20.4. The van der Waals surface area contributed by atoms with E-state index in [1.807, 2.05) is 60.7 Å². The van der Waals surface area contributed by atoms with Crippen LogP contribution in [0.4, 0.5) is 5.13 Å². The Bertz CT molecular complexity index is 1270. The van der Waals surface area contributed by atoms with Crippen LogP contribution in [0.3, 0.4) is 0 Å². The van der Waals surface area contributed by atoms with Crippen molar-refractivity contribution in [2.75, 3.05) is 51.4 Å². The Morgan fingerprint density at radius 1 is 1.00 bits per heavy atom. The van der Waals surface area contributed by atoms with Gasteiger partial charge in [-0.15, -0.1) is 0 Å². The zero-order chi connectivity index (χ0) is 24.0. The first-order valence-corrected chi connectivity index (χ1v) is 12.4. The van der Waals surface area contributed by atoms with Crippen LogP contribution in [-0.2, 0) is 4.74 Å². The van der Waals surface area contributed by atoms with Gasteiger partial charge in [-0.05, 0) is 48.5 Å². The van der Waals surface area contributed by atoms with Gasteiger partial charge in [-0.2, -0.15) is 0 Å². The number of nitrogens with zero attached hydrogens (tertiary/aromatic N) is 3. The number of ether oxygens (including phenoxy) is 3. The zero-order valence-electron chi connectivity index (χ0n) is 19.6. The summed E-state index contributed by atoms with van der Waals surface area (Å²) in [5.41, 5.74) is 1.41. The smallest absolute Gasteiger partial charge is 0.260 e. The number of carbonyl (C=O) groups excluding carboxylic acids is 1. The second-order valence-corrected chi connectivity index (χ2v) is 9.19. The number of fused-ring (bicyclic) bond motifs is 1. The van der Waals surface area contributed by atoms with E-state index in [-0.39, 0.29) is 5.91 Å². The fourth-order valence-electron chi connectivity index (χ4n) is 3.93. The van der Waals surface area contributed by atoms with Crippen LogP contribution in [0.5, 0.6) is 17.2 Å². The molecule has 1 fully saturated rings. The lowest BCUT2D eigenvalue weighted by atomic mass is 10.2. The van der Waals surface area contributed by atoms with Crippen molar-refractivity contribution < 1.29 is 19.0 Å². The summed E-state index contributed by atoms with van der Waals surface area (Å²) in [6.45, 7) is 4.46. The summed E-state index contributed by atoms with van der Waals surface area (Å²) in [4.78, 5) is 22.5. The van der Waals surface area contributed by atoms with Gasteiger partial charge in [-0.1, -0.05) is 29.5 Å². The molecule has 5 rings (SSSR count).